The van der Waals surface area contributed by atoms with Crippen LogP contribution in [0.4, 0.5) is 4.39 Å². The second-order valence-corrected chi connectivity index (χ2v) is 7.02. The standard InChI is InChI=1S/C23H19FN2O6/c24-18-19(32-22(28)16-10-5-2-6-11-16)17(14-30-21(27)15-8-3-1-4-9-15)31-20(18)26-13-7-12-25-23(26)29/h1-13,17-20H,14H2/t17-,18+,19+,20-/m1/s1. The van der Waals surface area contributed by atoms with Crippen molar-refractivity contribution >= 4 is 11.9 Å². The van der Waals surface area contributed by atoms with Crippen molar-refractivity contribution in [3.8, 4) is 0 Å². The smallest absolute Gasteiger partial charge is 0.349 e. The molecule has 9 heteroatoms. The predicted octanol–water partition coefficient (Wildman–Crippen LogP) is 2.56. The van der Waals surface area contributed by atoms with Crippen molar-refractivity contribution in [2.24, 2.45) is 0 Å². The molecule has 0 aliphatic carbocycles. The first-order valence-corrected chi connectivity index (χ1v) is 9.85. The molecule has 4 rings (SSSR count). The first-order valence-electron chi connectivity index (χ1n) is 9.85. The summed E-state index contributed by atoms with van der Waals surface area (Å²) >= 11 is 0. The summed E-state index contributed by atoms with van der Waals surface area (Å²) in [4.78, 5) is 40.5. The fourth-order valence-electron chi connectivity index (χ4n) is 3.34. The SMILES string of the molecule is O=C(OC[C@H]1O[C@@H](n2cccnc2=O)[C@@H](F)[C@H]1OC(=O)c1ccccc1)c1ccccc1. The minimum Gasteiger partial charge on any atom is -0.459 e. The van der Waals surface area contributed by atoms with E-state index in [-0.39, 0.29) is 12.2 Å². The van der Waals surface area contributed by atoms with E-state index in [2.05, 4.69) is 4.98 Å². The Bertz CT molecular complexity index is 1140. The molecule has 8 nitrogen and oxygen atoms in total. The van der Waals surface area contributed by atoms with E-state index in [9.17, 15) is 14.4 Å². The van der Waals surface area contributed by atoms with Gasteiger partial charge in [0, 0.05) is 12.4 Å². The molecule has 0 radical (unpaired) electrons. The van der Waals surface area contributed by atoms with Crippen molar-refractivity contribution in [1.29, 1.82) is 0 Å². The Balaban J connectivity index is 1.54. The average molecular weight is 438 g/mol. The lowest BCUT2D eigenvalue weighted by molar-refractivity contribution is -0.0592. The average Bonchev–Trinajstić information content (AvgIpc) is 3.13. The van der Waals surface area contributed by atoms with Gasteiger partial charge in [0.25, 0.3) is 0 Å². The zero-order chi connectivity index (χ0) is 22.5. The molecule has 0 N–H and O–H groups in total. The number of hydrogen-bond donors (Lipinski definition) is 0. The Morgan fingerprint density at radius 3 is 2.22 bits per heavy atom. The maximum Gasteiger partial charge on any atom is 0.349 e. The Kier molecular flexibility index (Phi) is 6.37. The number of nitrogens with zero attached hydrogens (tertiary/aromatic N) is 2. The summed E-state index contributed by atoms with van der Waals surface area (Å²) in [6, 6.07) is 17.8. The number of ether oxygens (including phenoxy) is 3. The van der Waals surface area contributed by atoms with E-state index in [1.165, 1.54) is 30.6 Å². The van der Waals surface area contributed by atoms with Gasteiger partial charge in [0.15, 0.2) is 18.5 Å². The predicted molar refractivity (Wildman–Crippen MR) is 110 cm³/mol. The maximum absolute atomic E-state index is 15.4. The zero-order valence-corrected chi connectivity index (χ0v) is 16.7. The molecule has 0 spiro atoms. The van der Waals surface area contributed by atoms with E-state index in [0.717, 1.165) is 4.57 Å². The number of carbonyl (C=O) groups excluding carboxylic acids is 2. The number of hydrogen-bond acceptors (Lipinski definition) is 7. The van der Waals surface area contributed by atoms with Gasteiger partial charge in [0.1, 0.15) is 12.7 Å². The van der Waals surface area contributed by atoms with Gasteiger partial charge < -0.3 is 14.2 Å². The van der Waals surface area contributed by atoms with E-state index < -0.39 is 42.2 Å². The lowest BCUT2D eigenvalue weighted by Gasteiger charge is -2.19. The quantitative estimate of drug-likeness (QED) is 0.546. The minimum atomic E-state index is -1.90. The second kappa shape index (κ2) is 9.52. The number of aromatic nitrogens is 2. The van der Waals surface area contributed by atoms with E-state index >= 15 is 4.39 Å². The molecule has 1 fully saturated rings. The van der Waals surface area contributed by atoms with E-state index in [1.807, 2.05) is 0 Å². The lowest BCUT2D eigenvalue weighted by atomic mass is 10.1. The number of benzene rings is 2. The van der Waals surface area contributed by atoms with Crippen LogP contribution in [0.3, 0.4) is 0 Å². The Morgan fingerprint density at radius 2 is 1.59 bits per heavy atom. The van der Waals surface area contributed by atoms with Crippen molar-refractivity contribution < 1.29 is 28.2 Å². The molecule has 3 aromatic rings. The topological polar surface area (TPSA) is 96.7 Å². The van der Waals surface area contributed by atoms with Crippen LogP contribution in [0.1, 0.15) is 26.9 Å². The molecule has 1 aliphatic heterocycles. The molecule has 4 atom stereocenters. The van der Waals surface area contributed by atoms with Crippen LogP contribution in [0.25, 0.3) is 0 Å². The van der Waals surface area contributed by atoms with Crippen LogP contribution in [0.15, 0.2) is 83.9 Å². The van der Waals surface area contributed by atoms with Gasteiger partial charge in [-0.15, -0.1) is 0 Å². The third kappa shape index (κ3) is 4.57. The monoisotopic (exact) mass is 438 g/mol. The largest absolute Gasteiger partial charge is 0.459 e. The summed E-state index contributed by atoms with van der Waals surface area (Å²) in [7, 11) is 0. The van der Waals surface area contributed by atoms with Gasteiger partial charge in [0.05, 0.1) is 11.1 Å². The zero-order valence-electron chi connectivity index (χ0n) is 16.7. The molecule has 0 saturated carbocycles. The van der Waals surface area contributed by atoms with Crippen LogP contribution in [0, 0.1) is 0 Å². The van der Waals surface area contributed by atoms with Gasteiger partial charge in [-0.1, -0.05) is 36.4 Å². The summed E-state index contributed by atoms with van der Waals surface area (Å²) in [5, 5.41) is 0. The normalized spacial score (nSPS) is 22.3. The molecule has 2 heterocycles. The number of alkyl halides is 1. The number of esters is 2. The van der Waals surface area contributed by atoms with Crippen LogP contribution in [-0.4, -0.2) is 46.5 Å². The maximum atomic E-state index is 15.4. The van der Waals surface area contributed by atoms with E-state index in [0.29, 0.717) is 5.56 Å². The molecule has 0 bridgehead atoms. The molecule has 0 unspecified atom stereocenters. The summed E-state index contributed by atoms with van der Waals surface area (Å²) in [6.07, 6.45) is -3.25. The van der Waals surface area contributed by atoms with E-state index in [1.54, 1.807) is 48.5 Å². The molecule has 1 saturated heterocycles. The third-order valence-electron chi connectivity index (χ3n) is 4.92. The fraction of sp³-hybridized carbons (Fsp3) is 0.217. The first kappa shape index (κ1) is 21.4. The van der Waals surface area contributed by atoms with Crippen molar-refractivity contribution in [2.45, 2.75) is 24.6 Å². The van der Waals surface area contributed by atoms with Crippen molar-refractivity contribution in [3.05, 3.63) is 101 Å². The minimum absolute atomic E-state index is 0.224. The van der Waals surface area contributed by atoms with Crippen molar-refractivity contribution in [2.75, 3.05) is 6.61 Å². The van der Waals surface area contributed by atoms with Gasteiger partial charge in [0.2, 0.25) is 0 Å². The highest BCUT2D eigenvalue weighted by molar-refractivity contribution is 5.90. The van der Waals surface area contributed by atoms with Gasteiger partial charge in [-0.05, 0) is 30.3 Å². The molecule has 0 amide bonds. The van der Waals surface area contributed by atoms with E-state index in [4.69, 9.17) is 14.2 Å². The van der Waals surface area contributed by atoms with Gasteiger partial charge in [-0.3, -0.25) is 4.57 Å². The first-order chi connectivity index (χ1) is 15.5. The number of rotatable bonds is 6. The van der Waals surface area contributed by atoms with Crippen molar-refractivity contribution in [3.63, 3.8) is 0 Å². The molecule has 2 aromatic carbocycles. The molecular formula is C23H19FN2O6. The lowest BCUT2D eigenvalue weighted by Crippen LogP contribution is -2.37. The number of halogens is 1. The van der Waals surface area contributed by atoms with Gasteiger partial charge in [-0.25, -0.2) is 23.8 Å². The summed E-state index contributed by atoms with van der Waals surface area (Å²) < 4.78 is 32.6. The molecular weight excluding hydrogens is 419 g/mol. The highest BCUT2D eigenvalue weighted by Crippen LogP contribution is 2.34. The Labute approximate surface area is 182 Å². The van der Waals surface area contributed by atoms with Crippen LogP contribution >= 0.6 is 0 Å². The number of carbonyl (C=O) groups is 2. The highest BCUT2D eigenvalue weighted by atomic mass is 19.1. The van der Waals surface area contributed by atoms with Gasteiger partial charge in [-0.2, -0.15) is 0 Å². The van der Waals surface area contributed by atoms with Crippen molar-refractivity contribution in [1.82, 2.24) is 9.55 Å². The Morgan fingerprint density at radius 1 is 0.969 bits per heavy atom. The second-order valence-electron chi connectivity index (χ2n) is 7.02. The van der Waals surface area contributed by atoms with Crippen LogP contribution in [-0.2, 0) is 14.2 Å². The molecule has 1 aliphatic rings. The summed E-state index contributed by atoms with van der Waals surface area (Å²) in [5.74, 6) is -1.40. The van der Waals surface area contributed by atoms with Crippen LogP contribution in [0.2, 0.25) is 0 Å². The molecule has 1 aromatic heterocycles. The fourth-order valence-corrected chi connectivity index (χ4v) is 3.34. The van der Waals surface area contributed by atoms with Crippen LogP contribution in [0.5, 0.6) is 0 Å². The Hall–Kier alpha value is -3.85. The van der Waals surface area contributed by atoms with Crippen LogP contribution < -0.4 is 5.69 Å². The highest BCUT2D eigenvalue weighted by Gasteiger charge is 2.49. The third-order valence-corrected chi connectivity index (χ3v) is 4.92. The summed E-state index contributed by atoms with van der Waals surface area (Å²) in [6.45, 7) is -0.383. The van der Waals surface area contributed by atoms with Gasteiger partial charge >= 0.3 is 17.6 Å². The molecule has 32 heavy (non-hydrogen) atoms. The summed E-state index contributed by atoms with van der Waals surface area (Å²) in [5.41, 5.74) is -0.197. The molecule has 164 valence electrons.